The topological polar surface area (TPSA) is 103 Å². The molecule has 1 N–H and O–H groups in total. The Hall–Kier alpha value is -3.51. The summed E-state index contributed by atoms with van der Waals surface area (Å²) < 4.78 is 14.4. The first kappa shape index (κ1) is 21.3. The number of hydrogen-bond acceptors (Lipinski definition) is 6. The predicted octanol–water partition coefficient (Wildman–Crippen LogP) is 3.88. The van der Waals surface area contributed by atoms with E-state index in [1.54, 1.807) is 12.5 Å². The summed E-state index contributed by atoms with van der Waals surface area (Å²) in [5, 5.41) is 11.2. The zero-order valence-corrected chi connectivity index (χ0v) is 19.3. The number of hydrogen-bond donors (Lipinski definition) is 1. The van der Waals surface area contributed by atoms with Crippen molar-refractivity contribution in [3.63, 3.8) is 0 Å². The maximum absolute atomic E-state index is 12.2. The molecular weight excluding hydrogens is 434 g/mol. The van der Waals surface area contributed by atoms with Gasteiger partial charge in [-0.1, -0.05) is 0 Å². The van der Waals surface area contributed by atoms with Gasteiger partial charge in [0.15, 0.2) is 0 Å². The molecule has 33 heavy (non-hydrogen) atoms. The van der Waals surface area contributed by atoms with E-state index in [1.165, 1.54) is 0 Å². The summed E-state index contributed by atoms with van der Waals surface area (Å²) in [5.74, 6) is 0.926. The maximum Gasteiger partial charge on any atom is 0.249 e. The van der Waals surface area contributed by atoms with Crippen molar-refractivity contribution < 1.29 is 4.21 Å². The third-order valence-corrected chi connectivity index (χ3v) is 7.76. The molecule has 5 rings (SSSR count). The van der Waals surface area contributed by atoms with Gasteiger partial charge in [-0.25, -0.2) is 15.0 Å². The average molecular weight is 461 g/mol. The first-order chi connectivity index (χ1) is 16.2. The highest BCUT2D eigenvalue weighted by molar-refractivity contribution is 7.84. The molecule has 0 aromatic carbocycles. The number of nitrogens with zero attached hydrogens (tertiary/aromatic N) is 6. The summed E-state index contributed by atoms with van der Waals surface area (Å²) in [5.41, 5.74) is 3.77. The van der Waals surface area contributed by atoms with Crippen LogP contribution in [0, 0.1) is 17.2 Å². The molecule has 0 spiro atoms. The highest BCUT2D eigenvalue weighted by Gasteiger charge is 2.31. The minimum absolute atomic E-state index is 0.0749. The summed E-state index contributed by atoms with van der Waals surface area (Å²) in [4.78, 5) is 18.5. The van der Waals surface area contributed by atoms with E-state index in [1.807, 2.05) is 31.3 Å². The molecule has 3 unspecified atom stereocenters. The van der Waals surface area contributed by atoms with E-state index >= 15 is 0 Å². The Morgan fingerprint density at radius 1 is 1.30 bits per heavy atom. The van der Waals surface area contributed by atoms with Gasteiger partial charge in [-0.3, -0.25) is 0 Å². The standard InChI is InChI=1S/C24H25N7OS/c1-2-33(32)22-13-19(4-9-26-22)30-11-6-17(14-30)21(3-8-25)31-12-7-18(15-31)23-20-5-10-27-24(20)29-16-28-23/h4-5,7,9-10,12-13,15-17,21H,2-3,6,11,14H2,1H3,(H,27,28,29)/p+1. The summed E-state index contributed by atoms with van der Waals surface area (Å²) in [7, 11) is -1.45. The van der Waals surface area contributed by atoms with Gasteiger partial charge in [0, 0.05) is 60.6 Å². The molecule has 1 fully saturated rings. The molecule has 1 saturated heterocycles. The van der Waals surface area contributed by atoms with Crippen LogP contribution in [0.15, 0.2) is 60.4 Å². The Morgan fingerprint density at radius 2 is 2.21 bits per heavy atom. The van der Waals surface area contributed by atoms with Crippen LogP contribution in [0.2, 0.25) is 0 Å². The number of nitriles is 1. The van der Waals surface area contributed by atoms with Crippen LogP contribution in [0.4, 0.5) is 5.69 Å². The van der Waals surface area contributed by atoms with Crippen LogP contribution in [0.5, 0.6) is 0 Å². The van der Waals surface area contributed by atoms with Gasteiger partial charge < -0.3 is 14.5 Å². The Bertz CT molecular complexity index is 1340. The third kappa shape index (κ3) is 4.14. The van der Waals surface area contributed by atoms with Crippen LogP contribution in [0.25, 0.3) is 22.3 Å². The fourth-order valence-corrected chi connectivity index (χ4v) is 5.51. The maximum atomic E-state index is 12.2. The van der Waals surface area contributed by atoms with Crippen molar-refractivity contribution in [3.05, 3.63) is 55.4 Å². The van der Waals surface area contributed by atoms with Gasteiger partial charge in [0.2, 0.25) is 5.03 Å². The van der Waals surface area contributed by atoms with E-state index in [0.717, 1.165) is 47.5 Å². The van der Waals surface area contributed by atoms with Gasteiger partial charge in [0.05, 0.1) is 24.2 Å². The third-order valence-electron chi connectivity index (χ3n) is 6.43. The molecule has 8 nitrogen and oxygen atoms in total. The molecule has 3 atom stereocenters. The molecule has 4 aromatic heterocycles. The summed E-state index contributed by atoms with van der Waals surface area (Å²) in [6.45, 7) is 3.67. The quantitative estimate of drug-likeness (QED) is 0.332. The summed E-state index contributed by atoms with van der Waals surface area (Å²) in [6, 6.07) is 10.4. The SMILES string of the molecule is CC[SH+](=O)c1cc(N2CCC(C(CC#N)n3ccc(-c4ncnc5[nH]ccc45)c3)C2)ccn1. The second kappa shape index (κ2) is 9.16. The van der Waals surface area contributed by atoms with Crippen molar-refractivity contribution in [2.45, 2.75) is 30.8 Å². The highest BCUT2D eigenvalue weighted by atomic mass is 32.2. The number of aromatic amines is 1. The molecule has 1 aliphatic rings. The van der Waals surface area contributed by atoms with Crippen LogP contribution in [-0.4, -0.2) is 43.3 Å². The predicted molar refractivity (Wildman–Crippen MR) is 129 cm³/mol. The van der Waals surface area contributed by atoms with Crippen molar-refractivity contribution >= 4 is 27.5 Å². The van der Waals surface area contributed by atoms with Crippen LogP contribution in [0.3, 0.4) is 0 Å². The summed E-state index contributed by atoms with van der Waals surface area (Å²) >= 11 is 0. The van der Waals surface area contributed by atoms with Gasteiger partial charge >= 0.3 is 0 Å². The fourth-order valence-electron chi connectivity index (χ4n) is 4.71. The Labute approximate surface area is 194 Å². The second-order valence-electron chi connectivity index (χ2n) is 8.30. The molecule has 0 bridgehead atoms. The van der Waals surface area contributed by atoms with Crippen LogP contribution in [-0.2, 0) is 15.0 Å². The largest absolute Gasteiger partial charge is 0.371 e. The molecular formula is C24H26N7OS+. The summed E-state index contributed by atoms with van der Waals surface area (Å²) in [6.07, 6.45) is 10.8. The van der Waals surface area contributed by atoms with E-state index in [-0.39, 0.29) is 6.04 Å². The number of fused-ring (bicyclic) bond motifs is 1. The Morgan fingerprint density at radius 3 is 3.06 bits per heavy atom. The average Bonchev–Trinajstić information content (AvgIpc) is 3.62. The molecule has 9 heteroatoms. The number of anilines is 1. The first-order valence-corrected chi connectivity index (χ1v) is 12.6. The van der Waals surface area contributed by atoms with Crippen molar-refractivity contribution in [2.24, 2.45) is 5.92 Å². The monoisotopic (exact) mass is 460 g/mol. The van der Waals surface area contributed by atoms with Gasteiger partial charge in [-0.05, 0) is 37.5 Å². The Kier molecular flexibility index (Phi) is 5.92. The lowest BCUT2D eigenvalue weighted by Gasteiger charge is -2.24. The fraction of sp³-hybridized carbons (Fsp3) is 0.333. The van der Waals surface area contributed by atoms with Gasteiger partial charge in [-0.2, -0.15) is 5.26 Å². The van der Waals surface area contributed by atoms with E-state index in [0.29, 0.717) is 23.1 Å². The lowest BCUT2D eigenvalue weighted by Crippen LogP contribution is -2.24. The van der Waals surface area contributed by atoms with Gasteiger partial charge in [0.1, 0.15) is 28.5 Å². The molecule has 1 aliphatic heterocycles. The van der Waals surface area contributed by atoms with Gasteiger partial charge in [0.25, 0.3) is 0 Å². The number of nitrogens with one attached hydrogen (secondary N) is 1. The molecule has 0 aliphatic carbocycles. The molecule has 4 aromatic rings. The second-order valence-corrected chi connectivity index (χ2v) is 10.1. The van der Waals surface area contributed by atoms with E-state index in [9.17, 15) is 9.47 Å². The smallest absolute Gasteiger partial charge is 0.249 e. The lowest BCUT2D eigenvalue weighted by atomic mass is 9.96. The van der Waals surface area contributed by atoms with Crippen molar-refractivity contribution in [1.82, 2.24) is 24.5 Å². The number of pyridine rings is 1. The molecule has 0 radical (unpaired) electrons. The molecule has 5 heterocycles. The number of rotatable bonds is 7. The zero-order valence-electron chi connectivity index (χ0n) is 18.4. The Balaban J connectivity index is 1.38. The highest BCUT2D eigenvalue weighted by Crippen LogP contribution is 2.35. The normalized spacial score (nSPS) is 17.8. The number of thiol groups is 1. The first-order valence-electron chi connectivity index (χ1n) is 11.2. The molecule has 168 valence electrons. The van der Waals surface area contributed by atoms with E-state index in [2.05, 4.69) is 53.9 Å². The molecule has 0 amide bonds. The van der Waals surface area contributed by atoms with Crippen LogP contribution in [0.1, 0.15) is 25.8 Å². The zero-order chi connectivity index (χ0) is 22.8. The minimum atomic E-state index is -1.45. The van der Waals surface area contributed by atoms with E-state index < -0.39 is 10.8 Å². The lowest BCUT2D eigenvalue weighted by molar-refractivity contribution is 0.360. The van der Waals surface area contributed by atoms with Crippen molar-refractivity contribution in [1.29, 1.82) is 5.26 Å². The van der Waals surface area contributed by atoms with Gasteiger partial charge in [-0.15, -0.1) is 4.21 Å². The molecule has 0 saturated carbocycles. The van der Waals surface area contributed by atoms with Crippen molar-refractivity contribution in [2.75, 3.05) is 23.7 Å². The van der Waals surface area contributed by atoms with Crippen LogP contribution >= 0.6 is 0 Å². The van der Waals surface area contributed by atoms with Crippen molar-refractivity contribution in [3.8, 4) is 17.3 Å². The number of H-pyrrole nitrogens is 1. The number of aromatic nitrogens is 5. The minimum Gasteiger partial charge on any atom is -0.371 e. The van der Waals surface area contributed by atoms with Crippen LogP contribution < -0.4 is 4.90 Å². The van der Waals surface area contributed by atoms with E-state index in [4.69, 9.17) is 0 Å².